The summed E-state index contributed by atoms with van der Waals surface area (Å²) in [5.41, 5.74) is 7.85. The number of anilines is 3. The monoisotopic (exact) mass is 357 g/mol. The summed E-state index contributed by atoms with van der Waals surface area (Å²) in [5.74, 6) is 0.646. The van der Waals surface area contributed by atoms with E-state index >= 15 is 0 Å². The maximum atomic E-state index is 12.2. The maximum absolute atomic E-state index is 12.2. The highest BCUT2D eigenvalue weighted by Gasteiger charge is 2.12. The topological polar surface area (TPSA) is 105 Å². The zero-order valence-corrected chi connectivity index (χ0v) is 14.1. The van der Waals surface area contributed by atoms with Gasteiger partial charge in [0.05, 0.1) is 0 Å². The molecule has 27 heavy (non-hydrogen) atoms. The summed E-state index contributed by atoms with van der Waals surface area (Å²) in [4.78, 5) is 29.1. The molecule has 3 N–H and O–H groups in total. The van der Waals surface area contributed by atoms with Gasteiger partial charge in [-0.2, -0.15) is 0 Å². The molecule has 0 saturated carbocycles. The first-order chi connectivity index (χ1) is 13.3. The molecule has 2 aromatic carbocycles. The summed E-state index contributed by atoms with van der Waals surface area (Å²) in [5, 5.41) is 3.21. The summed E-state index contributed by atoms with van der Waals surface area (Å²) in [6, 6.07) is 18.5. The Balaban J connectivity index is 1.59. The molecule has 8 nitrogen and oxygen atoms in total. The van der Waals surface area contributed by atoms with E-state index in [1.54, 1.807) is 24.3 Å². The van der Waals surface area contributed by atoms with Crippen molar-refractivity contribution in [2.75, 3.05) is 10.7 Å². The summed E-state index contributed by atoms with van der Waals surface area (Å²) >= 11 is 0. The normalized spacial score (nSPS) is 10.4. The Morgan fingerprint density at radius 1 is 0.704 bits per heavy atom. The molecule has 0 saturated heterocycles. The van der Waals surface area contributed by atoms with Crippen molar-refractivity contribution < 1.29 is 4.79 Å². The fourth-order valence-electron chi connectivity index (χ4n) is 2.50. The maximum Gasteiger partial charge on any atom is 0.269 e. The van der Waals surface area contributed by atoms with E-state index in [-0.39, 0.29) is 5.91 Å². The first-order valence-corrected chi connectivity index (χ1v) is 8.20. The van der Waals surface area contributed by atoms with Gasteiger partial charge in [-0.1, -0.05) is 36.4 Å². The second kappa shape index (κ2) is 7.44. The van der Waals surface area contributed by atoms with Crippen molar-refractivity contribution in [3.63, 3.8) is 0 Å². The third-order valence-corrected chi connectivity index (χ3v) is 3.79. The van der Waals surface area contributed by atoms with E-state index in [2.05, 4.69) is 36.1 Å². The van der Waals surface area contributed by atoms with Crippen molar-refractivity contribution in [1.82, 2.24) is 25.4 Å². The first kappa shape index (κ1) is 16.4. The number of benzene rings is 2. The highest BCUT2D eigenvalue weighted by molar-refractivity contribution is 5.97. The van der Waals surface area contributed by atoms with Crippen molar-refractivity contribution >= 4 is 34.3 Å². The molecule has 4 aromatic rings. The molecule has 0 aliphatic carbocycles. The highest BCUT2D eigenvalue weighted by Crippen LogP contribution is 2.23. The average Bonchev–Trinajstić information content (AvgIpc) is 2.73. The number of aromatic nitrogens is 4. The van der Waals surface area contributed by atoms with E-state index in [0.717, 1.165) is 5.69 Å². The minimum Gasteiger partial charge on any atom is -0.338 e. The van der Waals surface area contributed by atoms with Crippen molar-refractivity contribution in [3.05, 3.63) is 78.9 Å². The van der Waals surface area contributed by atoms with Crippen LogP contribution in [0.4, 0.5) is 17.3 Å². The molecular formula is C19H15N7O. The Bertz CT molecular complexity index is 1070. The molecule has 0 radical (unpaired) electrons. The van der Waals surface area contributed by atoms with Gasteiger partial charge >= 0.3 is 0 Å². The van der Waals surface area contributed by atoms with Crippen molar-refractivity contribution in [2.45, 2.75) is 0 Å². The fourth-order valence-corrected chi connectivity index (χ4v) is 2.50. The van der Waals surface area contributed by atoms with Crippen LogP contribution in [0.3, 0.4) is 0 Å². The molecule has 2 heterocycles. The van der Waals surface area contributed by atoms with E-state index in [0.29, 0.717) is 28.2 Å². The van der Waals surface area contributed by atoms with Crippen LogP contribution in [0.25, 0.3) is 11.0 Å². The predicted molar refractivity (Wildman–Crippen MR) is 102 cm³/mol. The van der Waals surface area contributed by atoms with Gasteiger partial charge in [-0.05, 0) is 24.3 Å². The molecule has 0 bridgehead atoms. The van der Waals surface area contributed by atoms with Crippen LogP contribution in [-0.2, 0) is 0 Å². The molecule has 4 rings (SSSR count). The molecule has 0 spiro atoms. The van der Waals surface area contributed by atoms with Gasteiger partial charge in [0.2, 0.25) is 0 Å². The van der Waals surface area contributed by atoms with Gasteiger partial charge in [-0.15, -0.1) is 0 Å². The number of amides is 1. The zero-order valence-electron chi connectivity index (χ0n) is 14.1. The summed E-state index contributed by atoms with van der Waals surface area (Å²) in [7, 11) is 0. The number of rotatable bonds is 5. The van der Waals surface area contributed by atoms with Gasteiger partial charge in [0.25, 0.3) is 5.91 Å². The third-order valence-electron chi connectivity index (χ3n) is 3.79. The lowest BCUT2D eigenvalue weighted by atomic mass is 10.2. The Kier molecular flexibility index (Phi) is 4.52. The van der Waals surface area contributed by atoms with Crippen molar-refractivity contribution in [1.29, 1.82) is 0 Å². The van der Waals surface area contributed by atoms with Gasteiger partial charge < -0.3 is 5.32 Å². The Morgan fingerprint density at radius 2 is 1.30 bits per heavy atom. The van der Waals surface area contributed by atoms with Crippen LogP contribution in [0.1, 0.15) is 10.4 Å². The molecule has 0 unspecified atom stereocenters. The molecule has 8 heteroatoms. The van der Waals surface area contributed by atoms with Crippen molar-refractivity contribution in [3.8, 4) is 0 Å². The van der Waals surface area contributed by atoms with Crippen LogP contribution in [0.2, 0.25) is 0 Å². The van der Waals surface area contributed by atoms with Crippen LogP contribution >= 0.6 is 0 Å². The summed E-state index contributed by atoms with van der Waals surface area (Å²) in [6.07, 6.45) is 2.81. The first-order valence-electron chi connectivity index (χ1n) is 8.20. The lowest BCUT2D eigenvalue weighted by molar-refractivity contribution is 0.0962. The van der Waals surface area contributed by atoms with Gasteiger partial charge in [0.1, 0.15) is 23.7 Å². The Morgan fingerprint density at radius 3 is 2.00 bits per heavy atom. The number of fused-ring (bicyclic) bond motifs is 1. The van der Waals surface area contributed by atoms with Gasteiger partial charge in [-0.3, -0.25) is 15.6 Å². The number of hydrazine groups is 1. The Labute approximate surface area is 154 Å². The molecule has 0 atom stereocenters. The smallest absolute Gasteiger partial charge is 0.269 e. The van der Waals surface area contributed by atoms with E-state index < -0.39 is 0 Å². The number of nitrogens with zero attached hydrogens (tertiary/aromatic N) is 4. The molecule has 132 valence electrons. The SMILES string of the molecule is O=C(NNc1ncnc2c(Nc3ccccc3)ncnc12)c1ccccc1. The second-order valence-corrected chi connectivity index (χ2v) is 5.58. The number of hydrogen-bond donors (Lipinski definition) is 3. The molecule has 0 aliphatic rings. The molecular weight excluding hydrogens is 342 g/mol. The van der Waals surface area contributed by atoms with Gasteiger partial charge in [0, 0.05) is 11.3 Å². The van der Waals surface area contributed by atoms with Crippen LogP contribution in [0.15, 0.2) is 73.3 Å². The standard InChI is InChI=1S/C19H15N7O/c27-19(13-7-3-1-4-8-13)26-25-18-16-15(20-12-23-18)17(22-11-21-16)24-14-9-5-2-6-10-14/h1-12H,(H,26,27)(H,20,23,25)(H,21,22,24). The number of carbonyl (C=O) groups is 1. The van der Waals surface area contributed by atoms with Gasteiger partial charge in [0.15, 0.2) is 11.6 Å². The summed E-state index contributed by atoms with van der Waals surface area (Å²) < 4.78 is 0. The molecule has 0 aliphatic heterocycles. The van der Waals surface area contributed by atoms with Crippen molar-refractivity contribution in [2.24, 2.45) is 0 Å². The largest absolute Gasteiger partial charge is 0.338 e. The van der Waals surface area contributed by atoms with Crippen LogP contribution in [0, 0.1) is 0 Å². The number of hydrogen-bond acceptors (Lipinski definition) is 7. The van der Waals surface area contributed by atoms with E-state index in [1.165, 1.54) is 12.7 Å². The Hall–Kier alpha value is -4.07. The van der Waals surface area contributed by atoms with Crippen LogP contribution in [-0.4, -0.2) is 25.8 Å². The number of carbonyl (C=O) groups excluding carboxylic acids is 1. The predicted octanol–water partition coefficient (Wildman–Crippen LogP) is 2.92. The minimum atomic E-state index is -0.279. The molecule has 2 aromatic heterocycles. The van der Waals surface area contributed by atoms with E-state index in [1.807, 2.05) is 36.4 Å². The lowest BCUT2D eigenvalue weighted by Gasteiger charge is -2.11. The number of nitrogens with one attached hydrogen (secondary N) is 3. The van der Waals surface area contributed by atoms with Crippen LogP contribution < -0.4 is 16.2 Å². The van der Waals surface area contributed by atoms with E-state index in [4.69, 9.17) is 0 Å². The van der Waals surface area contributed by atoms with E-state index in [9.17, 15) is 4.79 Å². The molecule has 0 fully saturated rings. The fraction of sp³-hybridized carbons (Fsp3) is 0. The quantitative estimate of drug-likeness (QED) is 0.472. The zero-order chi connectivity index (χ0) is 18.5. The second-order valence-electron chi connectivity index (χ2n) is 5.58. The summed E-state index contributed by atoms with van der Waals surface area (Å²) in [6.45, 7) is 0. The highest BCUT2D eigenvalue weighted by atomic mass is 16.2. The van der Waals surface area contributed by atoms with Gasteiger partial charge in [-0.25, -0.2) is 19.9 Å². The number of para-hydroxylation sites is 1. The average molecular weight is 357 g/mol. The van der Waals surface area contributed by atoms with Crippen LogP contribution in [0.5, 0.6) is 0 Å². The minimum absolute atomic E-state index is 0.279. The lowest BCUT2D eigenvalue weighted by Crippen LogP contribution is -2.30. The molecule has 1 amide bonds. The third kappa shape index (κ3) is 3.64.